The zero-order valence-corrected chi connectivity index (χ0v) is 23.5. The number of halogens is 2. The van der Waals surface area contributed by atoms with E-state index in [2.05, 4.69) is 22.0 Å². The van der Waals surface area contributed by atoms with E-state index < -0.39 is 17.5 Å². The molecule has 0 spiro atoms. The lowest BCUT2D eigenvalue weighted by Crippen LogP contribution is -2.20. The maximum Gasteiger partial charge on any atom is 0.255 e. The normalized spacial score (nSPS) is 15.7. The number of nitrogens with zero attached hydrogens (tertiary/aromatic N) is 1. The standard InChI is InChI=1S/C30H23F2N3O3.C4H9N/c31-26-7-4-20(14-27(26)32)24-13-21(5-8-28(24)36)30(37)35-22-6-9-29(38-23-10-11-34-17-23)25(15-22)19-3-1-2-18(12-19)16-33;1-2-4-5-3-1/h1-9,12-15,23,34,36H,10-11,17H2,(H,35,37);5H,1-4H2. The minimum atomic E-state index is -1.06. The number of hydrogen-bond acceptors (Lipinski definition) is 6. The number of aromatic hydroxyl groups is 1. The second kappa shape index (κ2) is 13.9. The fourth-order valence-electron chi connectivity index (χ4n) is 5.00. The predicted octanol–water partition coefficient (Wildman–Crippen LogP) is 6.24. The summed E-state index contributed by atoms with van der Waals surface area (Å²) in [5.41, 5.74) is 3.13. The average Bonchev–Trinajstić information content (AvgIpc) is 3.78. The zero-order valence-electron chi connectivity index (χ0n) is 23.5. The molecule has 2 saturated heterocycles. The van der Waals surface area contributed by atoms with Crippen LogP contribution in [0.25, 0.3) is 22.3 Å². The van der Waals surface area contributed by atoms with Crippen LogP contribution in [-0.2, 0) is 0 Å². The summed E-state index contributed by atoms with van der Waals surface area (Å²) >= 11 is 0. The molecule has 2 fully saturated rings. The van der Waals surface area contributed by atoms with E-state index in [1.54, 1.807) is 36.4 Å². The van der Waals surface area contributed by atoms with E-state index in [1.165, 1.54) is 50.2 Å². The fraction of sp³-hybridized carbons (Fsp3) is 0.235. The molecule has 1 amide bonds. The minimum Gasteiger partial charge on any atom is -0.507 e. The molecule has 1 unspecified atom stereocenters. The number of ether oxygens (including phenoxy) is 1. The number of nitriles is 1. The lowest BCUT2D eigenvalue weighted by Gasteiger charge is -2.18. The van der Waals surface area contributed by atoms with Gasteiger partial charge in [-0.15, -0.1) is 0 Å². The van der Waals surface area contributed by atoms with Gasteiger partial charge in [-0.1, -0.05) is 18.2 Å². The van der Waals surface area contributed by atoms with Crippen LogP contribution in [0, 0.1) is 23.0 Å². The number of phenols is 1. The van der Waals surface area contributed by atoms with Crippen molar-refractivity contribution in [1.82, 2.24) is 10.6 Å². The maximum atomic E-state index is 13.8. The molecule has 4 aromatic rings. The van der Waals surface area contributed by atoms with E-state index in [9.17, 15) is 23.9 Å². The molecule has 6 rings (SSSR count). The van der Waals surface area contributed by atoms with Gasteiger partial charge in [0.2, 0.25) is 0 Å². The molecule has 2 aliphatic rings. The van der Waals surface area contributed by atoms with Gasteiger partial charge in [-0.2, -0.15) is 5.26 Å². The van der Waals surface area contributed by atoms with Crippen molar-refractivity contribution in [3.63, 3.8) is 0 Å². The highest BCUT2D eigenvalue weighted by molar-refractivity contribution is 6.05. The quantitative estimate of drug-likeness (QED) is 0.215. The van der Waals surface area contributed by atoms with Gasteiger partial charge < -0.3 is 25.8 Å². The molecule has 2 aliphatic heterocycles. The second-order valence-electron chi connectivity index (χ2n) is 10.4. The predicted molar refractivity (Wildman–Crippen MR) is 162 cm³/mol. The summed E-state index contributed by atoms with van der Waals surface area (Å²) in [6.07, 6.45) is 3.66. The van der Waals surface area contributed by atoms with Crippen molar-refractivity contribution in [2.75, 3.05) is 31.5 Å². The van der Waals surface area contributed by atoms with Crippen molar-refractivity contribution in [2.24, 2.45) is 0 Å². The number of anilines is 1. The summed E-state index contributed by atoms with van der Waals surface area (Å²) in [6, 6.07) is 22.0. The number of hydrogen-bond donors (Lipinski definition) is 4. The Hall–Kier alpha value is -4.78. The average molecular weight is 583 g/mol. The van der Waals surface area contributed by atoms with Gasteiger partial charge >= 0.3 is 0 Å². The van der Waals surface area contributed by atoms with Crippen LogP contribution in [-0.4, -0.2) is 43.3 Å². The highest BCUT2D eigenvalue weighted by atomic mass is 19.2. The molecule has 4 aromatic carbocycles. The van der Waals surface area contributed by atoms with Crippen LogP contribution < -0.4 is 20.7 Å². The van der Waals surface area contributed by atoms with Gasteiger partial charge in [0, 0.05) is 28.9 Å². The third-order valence-corrected chi connectivity index (χ3v) is 7.30. The number of carbonyl (C=O) groups is 1. The third-order valence-electron chi connectivity index (χ3n) is 7.30. The molecule has 43 heavy (non-hydrogen) atoms. The number of amides is 1. The van der Waals surface area contributed by atoms with Gasteiger partial charge in [-0.25, -0.2) is 8.78 Å². The van der Waals surface area contributed by atoms with Crippen LogP contribution in [0.3, 0.4) is 0 Å². The first-order valence-corrected chi connectivity index (χ1v) is 14.2. The van der Waals surface area contributed by atoms with Crippen molar-refractivity contribution in [3.8, 4) is 39.8 Å². The molecule has 0 bridgehead atoms. The van der Waals surface area contributed by atoms with Crippen molar-refractivity contribution >= 4 is 11.6 Å². The van der Waals surface area contributed by atoms with Crippen molar-refractivity contribution in [3.05, 3.63) is 102 Å². The largest absolute Gasteiger partial charge is 0.507 e. The summed E-state index contributed by atoms with van der Waals surface area (Å²) in [5, 5.41) is 29.0. The SMILES string of the molecule is C1CCNC1.N#Cc1cccc(-c2cc(NC(=O)c3ccc(O)c(-c4ccc(F)c(F)c4)c3)ccc2OC2CCNC2)c1. The van der Waals surface area contributed by atoms with Gasteiger partial charge in [0.15, 0.2) is 11.6 Å². The first-order chi connectivity index (χ1) is 20.9. The number of carbonyl (C=O) groups excluding carboxylic acids is 1. The van der Waals surface area contributed by atoms with Gasteiger partial charge in [0.25, 0.3) is 5.91 Å². The molecule has 9 heteroatoms. The maximum absolute atomic E-state index is 13.8. The van der Waals surface area contributed by atoms with E-state index in [4.69, 9.17) is 4.74 Å². The Morgan fingerprint density at radius 2 is 1.70 bits per heavy atom. The van der Waals surface area contributed by atoms with Crippen molar-refractivity contribution in [1.29, 1.82) is 5.26 Å². The van der Waals surface area contributed by atoms with E-state index in [1.807, 2.05) is 6.07 Å². The Bertz CT molecular complexity index is 1640. The Morgan fingerprint density at radius 3 is 2.40 bits per heavy atom. The van der Waals surface area contributed by atoms with Crippen LogP contribution in [0.15, 0.2) is 78.9 Å². The Labute approximate surface area is 249 Å². The zero-order chi connectivity index (χ0) is 30.2. The number of benzene rings is 4. The molecule has 2 heterocycles. The molecule has 4 N–H and O–H groups in total. The fourth-order valence-corrected chi connectivity index (χ4v) is 5.00. The van der Waals surface area contributed by atoms with Gasteiger partial charge in [-0.3, -0.25) is 4.79 Å². The van der Waals surface area contributed by atoms with Crippen molar-refractivity contribution in [2.45, 2.75) is 25.4 Å². The molecular weight excluding hydrogens is 550 g/mol. The van der Waals surface area contributed by atoms with Crippen LogP contribution in [0.1, 0.15) is 35.2 Å². The molecule has 7 nitrogen and oxygen atoms in total. The summed E-state index contributed by atoms with van der Waals surface area (Å²) in [5.74, 6) is -2.05. The van der Waals surface area contributed by atoms with Gasteiger partial charge in [-0.05, 0) is 111 Å². The number of phenolic OH excluding ortho intramolecular Hbond substituents is 1. The Morgan fingerprint density at radius 1 is 0.884 bits per heavy atom. The molecule has 0 radical (unpaired) electrons. The minimum absolute atomic E-state index is 0.0139. The molecule has 0 aromatic heterocycles. The lowest BCUT2D eigenvalue weighted by atomic mass is 10.0. The van der Waals surface area contributed by atoms with Crippen LogP contribution in [0.2, 0.25) is 0 Å². The summed E-state index contributed by atoms with van der Waals surface area (Å²) < 4.78 is 33.4. The monoisotopic (exact) mass is 582 g/mol. The van der Waals surface area contributed by atoms with E-state index >= 15 is 0 Å². The van der Waals surface area contributed by atoms with Crippen molar-refractivity contribution < 1.29 is 23.4 Å². The van der Waals surface area contributed by atoms with Crippen LogP contribution in [0.5, 0.6) is 11.5 Å². The van der Waals surface area contributed by atoms with Crippen LogP contribution in [0.4, 0.5) is 14.5 Å². The van der Waals surface area contributed by atoms with E-state index in [-0.39, 0.29) is 28.5 Å². The first kappa shape index (κ1) is 29.7. The summed E-state index contributed by atoms with van der Waals surface area (Å²) in [6.45, 7) is 4.11. The first-order valence-electron chi connectivity index (χ1n) is 14.2. The topological polar surface area (TPSA) is 106 Å². The van der Waals surface area contributed by atoms with Gasteiger partial charge in [0.1, 0.15) is 17.6 Å². The second-order valence-corrected chi connectivity index (χ2v) is 10.4. The number of nitrogens with one attached hydrogen (secondary N) is 3. The molecular formula is C34H32F2N4O3. The molecule has 0 aliphatic carbocycles. The highest BCUT2D eigenvalue weighted by Gasteiger charge is 2.19. The Kier molecular flexibility index (Phi) is 9.62. The van der Waals surface area contributed by atoms with E-state index in [0.717, 1.165) is 42.8 Å². The molecule has 1 atom stereocenters. The molecule has 220 valence electrons. The smallest absolute Gasteiger partial charge is 0.255 e. The Balaban J connectivity index is 0.000000668. The van der Waals surface area contributed by atoms with Crippen LogP contribution >= 0.6 is 0 Å². The highest BCUT2D eigenvalue weighted by Crippen LogP contribution is 2.35. The van der Waals surface area contributed by atoms with Gasteiger partial charge in [0.05, 0.1) is 11.6 Å². The summed E-state index contributed by atoms with van der Waals surface area (Å²) in [7, 11) is 0. The lowest BCUT2D eigenvalue weighted by molar-refractivity contribution is 0.102. The summed E-state index contributed by atoms with van der Waals surface area (Å²) in [4.78, 5) is 13.1. The third kappa shape index (κ3) is 7.55. The van der Waals surface area contributed by atoms with E-state index in [0.29, 0.717) is 17.0 Å². The number of rotatable bonds is 6. The molecule has 0 saturated carbocycles.